The van der Waals surface area contributed by atoms with Crippen molar-refractivity contribution < 1.29 is 24.2 Å². The van der Waals surface area contributed by atoms with E-state index in [2.05, 4.69) is 0 Å². The number of aromatic nitrogens is 1. The molecular formula is C24H26N2O5. The Bertz CT molecular complexity index is 1140. The minimum absolute atomic E-state index is 0.176. The highest BCUT2D eigenvalue weighted by Crippen LogP contribution is 2.41. The fourth-order valence-electron chi connectivity index (χ4n) is 4.08. The lowest BCUT2D eigenvalue weighted by atomic mass is 10.0. The number of carbonyl (C=O) groups is 3. The van der Waals surface area contributed by atoms with Crippen LogP contribution in [0.1, 0.15) is 40.5 Å². The van der Waals surface area contributed by atoms with E-state index >= 15 is 0 Å². The summed E-state index contributed by atoms with van der Waals surface area (Å²) in [5.74, 6) is -2.70. The smallest absolute Gasteiger partial charge is 0.341 e. The molecule has 1 heterocycles. The lowest BCUT2D eigenvalue weighted by Crippen LogP contribution is -2.24. The zero-order chi connectivity index (χ0) is 22.5. The Morgan fingerprint density at radius 1 is 1.19 bits per heavy atom. The highest BCUT2D eigenvalue weighted by Gasteiger charge is 2.30. The van der Waals surface area contributed by atoms with Crippen molar-refractivity contribution in [1.29, 1.82) is 0 Å². The third-order valence-corrected chi connectivity index (χ3v) is 5.37. The minimum Gasteiger partial charge on any atom is -0.481 e. The van der Waals surface area contributed by atoms with Crippen molar-refractivity contribution in [3.63, 3.8) is 0 Å². The van der Waals surface area contributed by atoms with Gasteiger partial charge >= 0.3 is 5.97 Å². The molecule has 2 aromatic rings. The predicted octanol–water partition coefficient (Wildman–Crippen LogP) is 3.26. The van der Waals surface area contributed by atoms with Crippen molar-refractivity contribution in [2.45, 2.75) is 39.7 Å². The number of ketones is 1. The van der Waals surface area contributed by atoms with Gasteiger partial charge in [0.05, 0.1) is 16.5 Å². The zero-order valence-electron chi connectivity index (χ0n) is 17.7. The molecule has 0 bridgehead atoms. The molecule has 1 aromatic heterocycles. The summed E-state index contributed by atoms with van der Waals surface area (Å²) in [5.41, 5.74) is 9.08. The number of primary amides is 1. The van der Waals surface area contributed by atoms with Crippen LogP contribution < -0.4 is 10.5 Å². The lowest BCUT2D eigenvalue weighted by Gasteiger charge is -2.12. The van der Waals surface area contributed by atoms with Gasteiger partial charge in [-0.3, -0.25) is 9.59 Å². The monoisotopic (exact) mass is 422 g/mol. The van der Waals surface area contributed by atoms with Crippen LogP contribution in [0.2, 0.25) is 0 Å². The number of carbonyl (C=O) groups excluding carboxylic acids is 2. The quantitative estimate of drug-likeness (QED) is 0.366. The van der Waals surface area contributed by atoms with E-state index < -0.39 is 24.3 Å². The number of Topliss-reactive ketones (excluding diaryl/α,β-unsaturated/α-hetero) is 1. The van der Waals surface area contributed by atoms with Gasteiger partial charge in [-0.25, -0.2) is 4.79 Å². The van der Waals surface area contributed by atoms with E-state index in [1.54, 1.807) is 13.0 Å². The number of aliphatic carboxylic acids is 1. The fourth-order valence-corrected chi connectivity index (χ4v) is 4.08. The highest BCUT2D eigenvalue weighted by molar-refractivity contribution is 6.45. The number of allylic oxidation sites excluding steroid dienone is 6. The number of carboxylic acid groups (broad SMARTS) is 1. The van der Waals surface area contributed by atoms with E-state index in [9.17, 15) is 14.4 Å². The van der Waals surface area contributed by atoms with Crippen LogP contribution in [0.4, 0.5) is 0 Å². The van der Waals surface area contributed by atoms with Gasteiger partial charge in [0.2, 0.25) is 0 Å². The molecule has 0 unspecified atom stereocenters. The molecule has 0 spiro atoms. The van der Waals surface area contributed by atoms with Crippen LogP contribution in [-0.2, 0) is 29.0 Å². The first-order valence-corrected chi connectivity index (χ1v) is 10.2. The maximum absolute atomic E-state index is 12.7. The Morgan fingerprint density at radius 2 is 1.94 bits per heavy atom. The number of nitrogens with two attached hydrogens (primary N) is 1. The number of nitrogens with zero attached hydrogens (tertiary/aromatic N) is 1. The molecule has 1 amide bonds. The average molecular weight is 422 g/mol. The molecular weight excluding hydrogens is 396 g/mol. The number of hydrogen-bond donors (Lipinski definition) is 2. The maximum Gasteiger partial charge on any atom is 0.341 e. The highest BCUT2D eigenvalue weighted by atomic mass is 16.5. The molecule has 0 fully saturated rings. The first-order chi connectivity index (χ1) is 14.9. The zero-order valence-corrected chi connectivity index (χ0v) is 17.7. The van der Waals surface area contributed by atoms with Gasteiger partial charge < -0.3 is 20.1 Å². The minimum atomic E-state index is -1.12. The molecule has 162 valence electrons. The van der Waals surface area contributed by atoms with Gasteiger partial charge in [-0.05, 0) is 50.3 Å². The summed E-state index contributed by atoms with van der Waals surface area (Å²) in [6.45, 7) is 3.63. The second-order valence-corrected chi connectivity index (χ2v) is 7.38. The molecule has 3 N–H and O–H groups in total. The van der Waals surface area contributed by atoms with E-state index in [4.69, 9.17) is 15.6 Å². The molecule has 1 aliphatic carbocycles. The largest absolute Gasteiger partial charge is 0.481 e. The number of amides is 1. The number of ether oxygens (including phenoxy) is 1. The molecule has 0 saturated heterocycles. The molecule has 7 nitrogen and oxygen atoms in total. The second kappa shape index (κ2) is 9.47. The topological polar surface area (TPSA) is 112 Å². The van der Waals surface area contributed by atoms with Crippen LogP contribution in [-0.4, -0.2) is 33.9 Å². The Kier molecular flexibility index (Phi) is 6.74. The Morgan fingerprint density at radius 3 is 2.61 bits per heavy atom. The number of fused-ring (bicyclic) bond motifs is 3. The average Bonchev–Trinajstić information content (AvgIpc) is 3.30. The Labute approximate surface area is 180 Å². The normalized spacial score (nSPS) is 13.6. The molecule has 0 aliphatic heterocycles. The number of rotatable bonds is 9. The van der Waals surface area contributed by atoms with Crippen LogP contribution in [0.3, 0.4) is 0 Å². The molecule has 0 atom stereocenters. The van der Waals surface area contributed by atoms with Crippen LogP contribution in [0, 0.1) is 6.92 Å². The molecule has 31 heavy (non-hydrogen) atoms. The van der Waals surface area contributed by atoms with E-state index in [1.165, 1.54) is 0 Å². The Balaban J connectivity index is 2.23. The summed E-state index contributed by atoms with van der Waals surface area (Å²) in [5, 5.41) is 9.54. The number of carboxylic acids is 1. The van der Waals surface area contributed by atoms with Crippen molar-refractivity contribution in [3.8, 4) is 5.75 Å². The van der Waals surface area contributed by atoms with Gasteiger partial charge in [0.15, 0.2) is 6.61 Å². The van der Waals surface area contributed by atoms with Crippen molar-refractivity contribution in [2.24, 2.45) is 5.73 Å². The van der Waals surface area contributed by atoms with Crippen LogP contribution >= 0.6 is 0 Å². The summed E-state index contributed by atoms with van der Waals surface area (Å²) < 4.78 is 7.54. The SMILES string of the molecule is C\C=C/C=C\C=C\Cn1c(C)c(C(=O)C(N)=O)c2c(OCC(=O)O)cc3c(c21)CCC3. The van der Waals surface area contributed by atoms with Crippen LogP contribution in [0.15, 0.2) is 42.5 Å². The third kappa shape index (κ3) is 4.45. The molecule has 3 rings (SSSR count). The van der Waals surface area contributed by atoms with Gasteiger partial charge in [0.1, 0.15) is 5.75 Å². The predicted molar refractivity (Wildman–Crippen MR) is 118 cm³/mol. The summed E-state index contributed by atoms with van der Waals surface area (Å²) in [7, 11) is 0. The van der Waals surface area contributed by atoms with Gasteiger partial charge in [-0.15, -0.1) is 0 Å². The lowest BCUT2D eigenvalue weighted by molar-refractivity contribution is -0.139. The second-order valence-electron chi connectivity index (χ2n) is 7.38. The summed E-state index contributed by atoms with van der Waals surface area (Å²) in [6, 6.07) is 1.80. The first kappa shape index (κ1) is 22.1. The third-order valence-electron chi connectivity index (χ3n) is 5.37. The summed E-state index contributed by atoms with van der Waals surface area (Å²) in [4.78, 5) is 35.6. The summed E-state index contributed by atoms with van der Waals surface area (Å²) >= 11 is 0. The van der Waals surface area contributed by atoms with Gasteiger partial charge in [-0.1, -0.05) is 36.5 Å². The van der Waals surface area contributed by atoms with Crippen LogP contribution in [0.5, 0.6) is 5.75 Å². The fraction of sp³-hybridized carbons (Fsp3) is 0.292. The van der Waals surface area contributed by atoms with Gasteiger partial charge in [-0.2, -0.15) is 0 Å². The number of aryl methyl sites for hydroxylation is 2. The molecule has 7 heteroatoms. The Hall–Kier alpha value is -3.61. The molecule has 0 saturated carbocycles. The maximum atomic E-state index is 12.7. The van der Waals surface area contributed by atoms with Gasteiger partial charge in [0.25, 0.3) is 11.7 Å². The molecule has 1 aromatic carbocycles. The van der Waals surface area contributed by atoms with E-state index in [1.807, 2.05) is 47.9 Å². The molecule has 0 radical (unpaired) electrons. The van der Waals surface area contributed by atoms with E-state index in [0.29, 0.717) is 23.4 Å². The first-order valence-electron chi connectivity index (χ1n) is 10.2. The molecule has 1 aliphatic rings. The van der Waals surface area contributed by atoms with Crippen molar-refractivity contribution in [2.75, 3.05) is 6.61 Å². The standard InChI is InChI=1S/C24H26N2O5/c1-3-4-5-6-7-8-12-26-15(2)20(23(29)24(25)30)21-18(31-14-19(27)28)13-16-10-9-11-17(16)22(21)26/h3-8,13H,9-12,14H2,1-2H3,(H2,25,30)(H,27,28)/b4-3-,6-5-,8-7+. The van der Waals surface area contributed by atoms with Crippen LogP contribution in [0.25, 0.3) is 10.9 Å². The van der Waals surface area contributed by atoms with Gasteiger partial charge in [0, 0.05) is 12.2 Å². The van der Waals surface area contributed by atoms with Crippen molar-refractivity contribution >= 4 is 28.6 Å². The summed E-state index contributed by atoms with van der Waals surface area (Å²) in [6.07, 6.45) is 14.2. The van der Waals surface area contributed by atoms with Crippen molar-refractivity contribution in [3.05, 3.63) is 64.9 Å². The van der Waals surface area contributed by atoms with E-state index in [0.717, 1.165) is 35.9 Å². The number of benzene rings is 1. The van der Waals surface area contributed by atoms with Crippen molar-refractivity contribution in [1.82, 2.24) is 4.57 Å². The number of hydrogen-bond acceptors (Lipinski definition) is 4. The van der Waals surface area contributed by atoms with E-state index in [-0.39, 0.29) is 5.56 Å².